The standard InChI is InChI=1S/C28H27N3O3/c1-4-28(2,3)27(32)30-24-17-16-22(23-11-8-18-29-26(23)24)25(19-9-6-5-7-10-19)20-12-14-21(15-13-20)31(33)34/h5-18,25H,4H2,1-3H3,(H,30,32). The maximum absolute atomic E-state index is 12.9. The van der Waals surface area contributed by atoms with Gasteiger partial charge in [-0.1, -0.05) is 75.4 Å². The number of carbonyl (C=O) groups excluding carboxylic acids is 1. The summed E-state index contributed by atoms with van der Waals surface area (Å²) in [4.78, 5) is 28.3. The van der Waals surface area contributed by atoms with Crippen molar-refractivity contribution in [2.75, 3.05) is 5.32 Å². The minimum absolute atomic E-state index is 0.0512. The summed E-state index contributed by atoms with van der Waals surface area (Å²) in [5, 5.41) is 15.2. The molecule has 1 unspecified atom stereocenters. The lowest BCUT2D eigenvalue weighted by Crippen LogP contribution is -2.30. The Bertz CT molecular complexity index is 1330. The smallest absolute Gasteiger partial charge is 0.269 e. The van der Waals surface area contributed by atoms with E-state index in [-0.39, 0.29) is 17.5 Å². The zero-order valence-electron chi connectivity index (χ0n) is 19.5. The molecule has 0 aliphatic carbocycles. The fraction of sp³-hybridized carbons (Fsp3) is 0.214. The maximum Gasteiger partial charge on any atom is 0.269 e. The molecule has 3 aromatic carbocycles. The van der Waals surface area contributed by atoms with Crippen LogP contribution in [0.3, 0.4) is 0 Å². The molecule has 1 heterocycles. The van der Waals surface area contributed by atoms with E-state index in [1.54, 1.807) is 18.3 Å². The number of nitro groups is 1. The Morgan fingerprint density at radius 2 is 1.65 bits per heavy atom. The molecular weight excluding hydrogens is 426 g/mol. The second kappa shape index (κ2) is 9.43. The Hall–Kier alpha value is -4.06. The van der Waals surface area contributed by atoms with Crippen LogP contribution in [0.1, 0.15) is 49.8 Å². The fourth-order valence-corrected chi connectivity index (χ4v) is 3.98. The lowest BCUT2D eigenvalue weighted by Gasteiger charge is -2.24. The van der Waals surface area contributed by atoms with E-state index in [4.69, 9.17) is 0 Å². The second-order valence-electron chi connectivity index (χ2n) is 8.99. The average molecular weight is 454 g/mol. The summed E-state index contributed by atoms with van der Waals surface area (Å²) in [6, 6.07) is 24.5. The number of rotatable bonds is 7. The Balaban J connectivity index is 1.86. The molecule has 0 spiro atoms. The first-order valence-electron chi connectivity index (χ1n) is 11.3. The molecule has 0 bridgehead atoms. The van der Waals surface area contributed by atoms with Gasteiger partial charge < -0.3 is 5.32 Å². The van der Waals surface area contributed by atoms with E-state index in [0.717, 1.165) is 28.5 Å². The monoisotopic (exact) mass is 453 g/mol. The first-order chi connectivity index (χ1) is 16.3. The highest BCUT2D eigenvalue weighted by atomic mass is 16.6. The molecule has 0 fully saturated rings. The third-order valence-electron chi connectivity index (χ3n) is 6.43. The molecule has 0 aliphatic rings. The summed E-state index contributed by atoms with van der Waals surface area (Å²) in [5.41, 5.74) is 3.95. The zero-order chi connectivity index (χ0) is 24.3. The van der Waals surface area contributed by atoms with E-state index in [1.807, 2.05) is 75.4 Å². The van der Waals surface area contributed by atoms with E-state index < -0.39 is 10.3 Å². The summed E-state index contributed by atoms with van der Waals surface area (Å²) in [5.74, 6) is -0.213. The SMILES string of the molecule is CCC(C)(C)C(=O)Nc1ccc(C(c2ccccc2)c2ccc([N+](=O)[O-])cc2)c2cccnc12. The Morgan fingerprint density at radius 3 is 2.29 bits per heavy atom. The largest absolute Gasteiger partial charge is 0.324 e. The summed E-state index contributed by atoms with van der Waals surface area (Å²) in [6.45, 7) is 5.84. The van der Waals surface area contributed by atoms with Crippen LogP contribution in [0.5, 0.6) is 0 Å². The van der Waals surface area contributed by atoms with Crippen LogP contribution in [-0.2, 0) is 4.79 Å². The molecule has 1 N–H and O–H groups in total. The molecule has 0 saturated carbocycles. The Morgan fingerprint density at radius 1 is 0.971 bits per heavy atom. The van der Waals surface area contributed by atoms with E-state index in [0.29, 0.717) is 11.2 Å². The van der Waals surface area contributed by atoms with Gasteiger partial charge in [0.15, 0.2) is 0 Å². The highest BCUT2D eigenvalue weighted by Gasteiger charge is 2.27. The van der Waals surface area contributed by atoms with E-state index in [9.17, 15) is 14.9 Å². The number of non-ortho nitro benzene ring substituents is 1. The third-order valence-corrected chi connectivity index (χ3v) is 6.43. The number of nitrogens with one attached hydrogen (secondary N) is 1. The number of aromatic nitrogens is 1. The highest BCUT2D eigenvalue weighted by molar-refractivity contribution is 6.03. The van der Waals surface area contributed by atoms with Crippen molar-refractivity contribution in [3.8, 4) is 0 Å². The van der Waals surface area contributed by atoms with Crippen LogP contribution in [0.15, 0.2) is 85.1 Å². The van der Waals surface area contributed by atoms with Crippen LogP contribution in [0.4, 0.5) is 11.4 Å². The van der Waals surface area contributed by atoms with Gasteiger partial charge in [-0.15, -0.1) is 0 Å². The summed E-state index contributed by atoms with van der Waals surface area (Å²) in [7, 11) is 0. The number of benzene rings is 3. The van der Waals surface area contributed by atoms with Crippen LogP contribution in [0, 0.1) is 15.5 Å². The Kier molecular flexibility index (Phi) is 6.41. The normalized spacial score (nSPS) is 12.3. The average Bonchev–Trinajstić information content (AvgIpc) is 2.86. The van der Waals surface area contributed by atoms with Crippen molar-refractivity contribution in [3.05, 3.63) is 112 Å². The lowest BCUT2D eigenvalue weighted by atomic mass is 9.83. The quantitative estimate of drug-likeness (QED) is 0.192. The van der Waals surface area contributed by atoms with Crippen molar-refractivity contribution < 1.29 is 9.72 Å². The molecule has 1 aromatic heterocycles. The fourth-order valence-electron chi connectivity index (χ4n) is 3.98. The molecule has 1 amide bonds. The van der Waals surface area contributed by atoms with Gasteiger partial charge in [-0.2, -0.15) is 0 Å². The number of anilines is 1. The zero-order valence-corrected chi connectivity index (χ0v) is 19.5. The van der Waals surface area contributed by atoms with Gasteiger partial charge in [-0.05, 0) is 35.2 Å². The number of nitrogens with zero attached hydrogens (tertiary/aromatic N) is 2. The number of pyridine rings is 1. The van der Waals surface area contributed by atoms with Gasteiger partial charge in [0.25, 0.3) is 5.69 Å². The van der Waals surface area contributed by atoms with Gasteiger partial charge in [0, 0.05) is 35.0 Å². The van der Waals surface area contributed by atoms with Crippen molar-refractivity contribution in [1.82, 2.24) is 4.98 Å². The van der Waals surface area contributed by atoms with E-state index in [1.165, 1.54) is 12.1 Å². The summed E-state index contributed by atoms with van der Waals surface area (Å²) < 4.78 is 0. The van der Waals surface area contributed by atoms with Gasteiger partial charge in [0.05, 0.1) is 16.1 Å². The molecule has 6 heteroatoms. The van der Waals surface area contributed by atoms with Crippen LogP contribution < -0.4 is 5.32 Å². The molecule has 0 saturated heterocycles. The lowest BCUT2D eigenvalue weighted by molar-refractivity contribution is -0.384. The minimum Gasteiger partial charge on any atom is -0.324 e. The molecule has 4 aromatic rings. The molecule has 4 rings (SSSR count). The Labute approximate surface area is 198 Å². The maximum atomic E-state index is 12.9. The van der Waals surface area contributed by atoms with Crippen molar-refractivity contribution >= 4 is 28.2 Å². The third kappa shape index (κ3) is 4.53. The molecule has 34 heavy (non-hydrogen) atoms. The van der Waals surface area contributed by atoms with E-state index in [2.05, 4.69) is 10.3 Å². The molecule has 172 valence electrons. The summed E-state index contributed by atoms with van der Waals surface area (Å²) in [6.07, 6.45) is 2.44. The number of hydrogen-bond donors (Lipinski definition) is 1. The van der Waals surface area contributed by atoms with Crippen molar-refractivity contribution in [2.45, 2.75) is 33.1 Å². The van der Waals surface area contributed by atoms with Gasteiger partial charge >= 0.3 is 0 Å². The first-order valence-corrected chi connectivity index (χ1v) is 11.3. The molecule has 1 atom stereocenters. The van der Waals surface area contributed by atoms with Crippen molar-refractivity contribution in [2.24, 2.45) is 5.41 Å². The molecule has 0 aliphatic heterocycles. The van der Waals surface area contributed by atoms with E-state index >= 15 is 0 Å². The number of nitro benzene ring substituents is 1. The van der Waals surface area contributed by atoms with Gasteiger partial charge in [0.1, 0.15) is 0 Å². The minimum atomic E-state index is -0.495. The molecule has 6 nitrogen and oxygen atoms in total. The number of amides is 1. The number of carbonyl (C=O) groups is 1. The van der Waals surface area contributed by atoms with Crippen LogP contribution in [0.25, 0.3) is 10.9 Å². The molecular formula is C28H27N3O3. The summed E-state index contributed by atoms with van der Waals surface area (Å²) >= 11 is 0. The predicted octanol–water partition coefficient (Wildman–Crippen LogP) is 6.70. The topological polar surface area (TPSA) is 85.1 Å². The second-order valence-corrected chi connectivity index (χ2v) is 8.99. The van der Waals surface area contributed by atoms with Gasteiger partial charge in [-0.3, -0.25) is 19.9 Å². The van der Waals surface area contributed by atoms with Gasteiger partial charge in [-0.25, -0.2) is 0 Å². The number of hydrogen-bond acceptors (Lipinski definition) is 4. The van der Waals surface area contributed by atoms with Gasteiger partial charge in [0.2, 0.25) is 5.91 Å². The highest BCUT2D eigenvalue weighted by Crippen LogP contribution is 2.38. The molecule has 0 radical (unpaired) electrons. The van der Waals surface area contributed by atoms with Crippen LogP contribution in [0.2, 0.25) is 0 Å². The predicted molar refractivity (Wildman–Crippen MR) is 135 cm³/mol. The van der Waals surface area contributed by atoms with Crippen molar-refractivity contribution in [1.29, 1.82) is 0 Å². The van der Waals surface area contributed by atoms with Crippen LogP contribution in [-0.4, -0.2) is 15.8 Å². The first kappa shape index (κ1) is 23.1. The van der Waals surface area contributed by atoms with Crippen LogP contribution >= 0.6 is 0 Å². The number of fused-ring (bicyclic) bond motifs is 1. The van der Waals surface area contributed by atoms with Crippen molar-refractivity contribution in [3.63, 3.8) is 0 Å².